The van der Waals surface area contributed by atoms with Gasteiger partial charge in [0.05, 0.1) is 22.0 Å². The second-order valence-corrected chi connectivity index (χ2v) is 5.70. The first-order valence-electron chi connectivity index (χ1n) is 5.66. The van der Waals surface area contributed by atoms with Gasteiger partial charge < -0.3 is 10.1 Å². The van der Waals surface area contributed by atoms with E-state index in [2.05, 4.69) is 26.2 Å². The first-order valence-corrected chi connectivity index (χ1v) is 6.83. The number of ether oxygens (including phenoxy) is 1. The number of esters is 1. The van der Waals surface area contributed by atoms with Crippen LogP contribution in [0, 0.1) is 5.41 Å². The van der Waals surface area contributed by atoms with Crippen molar-refractivity contribution in [2.75, 3.05) is 13.7 Å². The number of carbonyl (C=O) groups is 2. The van der Waals surface area contributed by atoms with Crippen LogP contribution in [0.3, 0.4) is 0 Å². The second kappa shape index (κ2) is 5.46. The molecule has 0 spiro atoms. The summed E-state index contributed by atoms with van der Waals surface area (Å²) in [6.45, 7) is 0.258. The summed E-state index contributed by atoms with van der Waals surface area (Å²) in [5.74, 6) is -0.640. The van der Waals surface area contributed by atoms with E-state index in [1.54, 1.807) is 0 Å². The fourth-order valence-electron chi connectivity index (χ4n) is 1.70. The highest BCUT2D eigenvalue weighted by Crippen LogP contribution is 2.46. The van der Waals surface area contributed by atoms with Crippen molar-refractivity contribution in [3.8, 4) is 0 Å². The normalized spacial score (nSPS) is 15.7. The summed E-state index contributed by atoms with van der Waals surface area (Å²) in [5.41, 5.74) is -0.335. The van der Waals surface area contributed by atoms with Gasteiger partial charge in [-0.1, -0.05) is 11.6 Å². The molecule has 1 amide bonds. The lowest BCUT2D eigenvalue weighted by Crippen LogP contribution is -2.35. The molecule has 1 N–H and O–H groups in total. The number of amides is 1. The molecule has 0 aromatic carbocycles. The van der Waals surface area contributed by atoms with Crippen molar-refractivity contribution in [2.24, 2.45) is 5.41 Å². The molecule has 1 aromatic rings. The van der Waals surface area contributed by atoms with E-state index in [1.165, 1.54) is 19.4 Å². The fraction of sp³-hybridized carbons (Fsp3) is 0.417. The molecule has 1 aromatic heterocycles. The maximum Gasteiger partial charge on any atom is 0.313 e. The minimum atomic E-state index is -0.552. The Morgan fingerprint density at radius 2 is 2.26 bits per heavy atom. The zero-order valence-corrected chi connectivity index (χ0v) is 12.5. The zero-order chi connectivity index (χ0) is 14.0. The smallest absolute Gasteiger partial charge is 0.313 e. The van der Waals surface area contributed by atoms with Crippen LogP contribution in [0.2, 0.25) is 5.02 Å². The van der Waals surface area contributed by atoms with Gasteiger partial charge in [0, 0.05) is 12.7 Å². The molecule has 0 aliphatic heterocycles. The number of pyridine rings is 1. The average Bonchev–Trinajstić information content (AvgIpc) is 3.19. The summed E-state index contributed by atoms with van der Waals surface area (Å²) in [5, 5.41) is 3.10. The van der Waals surface area contributed by atoms with Crippen LogP contribution in [0.15, 0.2) is 16.7 Å². The lowest BCUT2D eigenvalue weighted by atomic mass is 10.1. The number of aromatic nitrogens is 1. The molecule has 1 fully saturated rings. The van der Waals surface area contributed by atoms with Crippen molar-refractivity contribution in [3.05, 3.63) is 27.5 Å². The number of hydrogen-bond acceptors (Lipinski definition) is 4. The molecular formula is C12H12BrClN2O3. The molecule has 19 heavy (non-hydrogen) atoms. The first kappa shape index (κ1) is 14.3. The van der Waals surface area contributed by atoms with Gasteiger partial charge in [-0.15, -0.1) is 0 Å². The van der Waals surface area contributed by atoms with E-state index >= 15 is 0 Å². The fourth-order valence-corrected chi connectivity index (χ4v) is 2.07. The Morgan fingerprint density at radius 1 is 1.58 bits per heavy atom. The molecule has 102 valence electrons. The number of carbonyl (C=O) groups excluding carboxylic acids is 2. The average molecular weight is 348 g/mol. The molecule has 1 aliphatic rings. The number of nitrogens with zero attached hydrogens (tertiary/aromatic N) is 1. The molecule has 0 saturated heterocycles. The lowest BCUT2D eigenvalue weighted by Gasteiger charge is -2.13. The molecule has 0 atom stereocenters. The predicted octanol–water partition coefficient (Wildman–Crippen LogP) is 2.18. The van der Waals surface area contributed by atoms with Crippen LogP contribution < -0.4 is 5.32 Å². The Bertz CT molecular complexity index is 532. The number of rotatable bonds is 4. The monoisotopic (exact) mass is 346 g/mol. The summed E-state index contributed by atoms with van der Waals surface area (Å²) < 4.78 is 5.34. The Morgan fingerprint density at radius 3 is 2.79 bits per heavy atom. The molecule has 5 nitrogen and oxygen atoms in total. The summed E-state index contributed by atoms with van der Waals surface area (Å²) in [6, 6.07) is 1.47. The van der Waals surface area contributed by atoms with E-state index in [0.29, 0.717) is 9.50 Å². The maximum atomic E-state index is 11.9. The van der Waals surface area contributed by atoms with Crippen LogP contribution >= 0.6 is 27.5 Å². The topological polar surface area (TPSA) is 68.3 Å². The van der Waals surface area contributed by atoms with Crippen molar-refractivity contribution in [2.45, 2.75) is 12.8 Å². The van der Waals surface area contributed by atoms with E-state index in [0.717, 1.165) is 12.8 Å². The molecule has 0 unspecified atom stereocenters. The van der Waals surface area contributed by atoms with E-state index in [-0.39, 0.29) is 24.1 Å². The molecule has 1 saturated carbocycles. The molecule has 1 heterocycles. The van der Waals surface area contributed by atoms with Crippen LogP contribution in [-0.4, -0.2) is 30.5 Å². The largest absolute Gasteiger partial charge is 0.469 e. The van der Waals surface area contributed by atoms with Gasteiger partial charge >= 0.3 is 5.97 Å². The number of hydrogen-bond donors (Lipinski definition) is 1. The molecule has 2 rings (SSSR count). The first-order chi connectivity index (χ1) is 8.98. The molecule has 1 aliphatic carbocycles. The highest BCUT2D eigenvalue weighted by atomic mass is 79.9. The van der Waals surface area contributed by atoms with Crippen LogP contribution in [0.25, 0.3) is 0 Å². The van der Waals surface area contributed by atoms with Gasteiger partial charge in [0.1, 0.15) is 5.69 Å². The molecule has 0 radical (unpaired) electrons. The Labute approximate surface area is 123 Å². The summed E-state index contributed by atoms with van der Waals surface area (Å²) in [4.78, 5) is 27.4. The van der Waals surface area contributed by atoms with Gasteiger partial charge in [-0.3, -0.25) is 9.59 Å². The van der Waals surface area contributed by atoms with Crippen molar-refractivity contribution >= 4 is 39.4 Å². The summed E-state index contributed by atoms with van der Waals surface area (Å²) in [6.07, 6.45) is 2.92. The number of nitrogens with one attached hydrogen (secondary N) is 1. The van der Waals surface area contributed by atoms with Gasteiger partial charge in [-0.2, -0.15) is 0 Å². The quantitative estimate of drug-likeness (QED) is 0.848. The highest BCUT2D eigenvalue weighted by molar-refractivity contribution is 9.10. The predicted molar refractivity (Wildman–Crippen MR) is 73.0 cm³/mol. The molecular weight excluding hydrogens is 336 g/mol. The van der Waals surface area contributed by atoms with Crippen LogP contribution in [0.5, 0.6) is 0 Å². The third-order valence-electron chi connectivity index (χ3n) is 3.10. The van der Waals surface area contributed by atoms with Crippen LogP contribution in [0.4, 0.5) is 0 Å². The number of methoxy groups -OCH3 is 1. The van der Waals surface area contributed by atoms with Crippen molar-refractivity contribution in [3.63, 3.8) is 0 Å². The summed E-state index contributed by atoms with van der Waals surface area (Å²) in [7, 11) is 1.35. The molecule has 7 heteroatoms. The van der Waals surface area contributed by atoms with Gasteiger partial charge in [0.2, 0.25) is 0 Å². The standard InChI is InChI=1S/C12H12BrClN2O3/c1-19-11(18)12(2-3-12)6-16-10(17)9-4-8(14)7(13)5-15-9/h4-5H,2-3,6H2,1H3,(H,16,17). The van der Waals surface area contributed by atoms with Gasteiger partial charge in [0.15, 0.2) is 0 Å². The minimum absolute atomic E-state index is 0.217. The zero-order valence-electron chi connectivity index (χ0n) is 10.2. The van der Waals surface area contributed by atoms with Crippen molar-refractivity contribution in [1.82, 2.24) is 10.3 Å². The highest BCUT2D eigenvalue weighted by Gasteiger charge is 2.51. The Kier molecular flexibility index (Phi) is 4.10. The second-order valence-electron chi connectivity index (χ2n) is 4.44. The van der Waals surface area contributed by atoms with Crippen LogP contribution in [0.1, 0.15) is 23.3 Å². The SMILES string of the molecule is COC(=O)C1(CNC(=O)c2cc(Cl)c(Br)cn2)CC1. The lowest BCUT2D eigenvalue weighted by molar-refractivity contribution is -0.146. The van der Waals surface area contributed by atoms with E-state index in [9.17, 15) is 9.59 Å². The van der Waals surface area contributed by atoms with E-state index in [4.69, 9.17) is 16.3 Å². The van der Waals surface area contributed by atoms with Gasteiger partial charge in [-0.05, 0) is 34.8 Å². The van der Waals surface area contributed by atoms with Crippen molar-refractivity contribution < 1.29 is 14.3 Å². The van der Waals surface area contributed by atoms with Crippen molar-refractivity contribution in [1.29, 1.82) is 0 Å². The van der Waals surface area contributed by atoms with Gasteiger partial charge in [-0.25, -0.2) is 4.98 Å². The third kappa shape index (κ3) is 3.06. The van der Waals surface area contributed by atoms with Crippen LogP contribution in [-0.2, 0) is 9.53 Å². The minimum Gasteiger partial charge on any atom is -0.469 e. The van der Waals surface area contributed by atoms with Gasteiger partial charge in [0.25, 0.3) is 5.91 Å². The number of halogens is 2. The molecule has 0 bridgehead atoms. The summed E-state index contributed by atoms with van der Waals surface area (Å²) >= 11 is 9.09. The Balaban J connectivity index is 1.98. The third-order valence-corrected chi connectivity index (χ3v) is 4.27. The Hall–Kier alpha value is -1.14. The van der Waals surface area contributed by atoms with E-state index < -0.39 is 5.41 Å². The van der Waals surface area contributed by atoms with E-state index in [1.807, 2.05) is 0 Å². The maximum absolute atomic E-state index is 11.9.